The summed E-state index contributed by atoms with van der Waals surface area (Å²) in [6.45, 7) is -0.142. The van der Waals surface area contributed by atoms with Crippen LogP contribution < -0.4 is 0 Å². The van der Waals surface area contributed by atoms with E-state index >= 15 is 0 Å². The zero-order chi connectivity index (χ0) is 25.3. The minimum atomic E-state index is -1.74. The van der Waals surface area contributed by atoms with Crippen LogP contribution >= 0.6 is 0 Å². The average Bonchev–Trinajstić information content (AvgIpc) is 2.82. The normalized spacial score (nSPS) is 52.5. The molecular weight excluding hydrogens is 468 g/mol. The molecule has 3 aliphatic heterocycles. The van der Waals surface area contributed by atoms with Crippen LogP contribution in [0.2, 0.25) is 0 Å². The van der Waals surface area contributed by atoms with Crippen LogP contribution in [-0.4, -0.2) is 163 Å². The van der Waals surface area contributed by atoms with Gasteiger partial charge in [-0.2, -0.15) is 0 Å². The molecule has 200 valence electrons. The van der Waals surface area contributed by atoms with Crippen molar-refractivity contribution in [1.82, 2.24) is 0 Å². The van der Waals surface area contributed by atoms with Gasteiger partial charge in [-0.1, -0.05) is 0 Å². The van der Waals surface area contributed by atoms with E-state index in [-0.39, 0.29) is 0 Å². The Morgan fingerprint density at radius 3 is 1.35 bits per heavy atom. The molecule has 15 nitrogen and oxygen atoms in total. The third-order valence-corrected chi connectivity index (χ3v) is 6.32. The predicted molar refractivity (Wildman–Crippen MR) is 105 cm³/mol. The van der Waals surface area contributed by atoms with E-state index < -0.39 is 112 Å². The van der Waals surface area contributed by atoms with Gasteiger partial charge in [0.25, 0.3) is 0 Å². The van der Waals surface area contributed by atoms with Crippen molar-refractivity contribution in [2.45, 2.75) is 98.9 Å². The Balaban J connectivity index is 1.58. The summed E-state index contributed by atoms with van der Waals surface area (Å²) < 4.78 is 26.8. The maximum atomic E-state index is 10.2. The number of ether oxygens (including phenoxy) is 5. The van der Waals surface area contributed by atoms with Gasteiger partial charge in [0, 0.05) is 0 Å². The molecular formula is C19H34O15. The molecule has 0 aliphatic carbocycles. The highest BCUT2D eigenvalue weighted by Crippen LogP contribution is 2.27. The third kappa shape index (κ3) is 5.69. The summed E-state index contributed by atoms with van der Waals surface area (Å²) in [5.74, 6) is 0. The summed E-state index contributed by atoms with van der Waals surface area (Å²) in [6, 6.07) is 0. The van der Waals surface area contributed by atoms with Gasteiger partial charge in [-0.15, -0.1) is 0 Å². The first kappa shape index (κ1) is 28.0. The molecule has 34 heavy (non-hydrogen) atoms. The molecule has 0 aromatic heterocycles. The summed E-state index contributed by atoms with van der Waals surface area (Å²) in [5, 5.41) is 99.3. The van der Waals surface area contributed by atoms with Crippen LogP contribution in [0, 0.1) is 0 Å². The predicted octanol–water partition coefficient (Wildman–Crippen LogP) is -6.50. The van der Waals surface area contributed by atoms with Crippen LogP contribution in [0.5, 0.6) is 0 Å². The lowest BCUT2D eigenvalue weighted by Gasteiger charge is -2.43. The fourth-order valence-electron chi connectivity index (χ4n) is 4.05. The van der Waals surface area contributed by atoms with Gasteiger partial charge in [-0.3, -0.25) is 0 Å². The van der Waals surface area contributed by atoms with Crippen LogP contribution in [0.1, 0.15) is 6.92 Å². The maximum absolute atomic E-state index is 10.2. The van der Waals surface area contributed by atoms with Crippen molar-refractivity contribution in [3.63, 3.8) is 0 Å². The summed E-state index contributed by atoms with van der Waals surface area (Å²) in [4.78, 5) is 0. The minimum absolute atomic E-state index is 0.417. The lowest BCUT2D eigenvalue weighted by molar-refractivity contribution is -0.335. The standard InChI is InChI=1S/C19H34O15/c1-5-9(21)13(25)11(23)7(32-5)3-30-19-17(29)15(27)12(24)8(34-19)4-31-18-16(28)14(26)10(22)6(2-20)33-18/h5-29H,2-4H2,1H3/t5-,6?,7?,8?,9?,10-,11-,12-,13-,14?,15?,16-,17-,18+,19+/m1/s1. The van der Waals surface area contributed by atoms with E-state index in [4.69, 9.17) is 23.7 Å². The highest BCUT2D eigenvalue weighted by molar-refractivity contribution is 4.93. The van der Waals surface area contributed by atoms with E-state index in [1.807, 2.05) is 0 Å². The van der Waals surface area contributed by atoms with Crippen molar-refractivity contribution in [2.24, 2.45) is 0 Å². The lowest BCUT2D eigenvalue weighted by atomic mass is 9.96. The molecule has 0 aromatic rings. The Kier molecular flexibility index (Phi) is 9.57. The molecule has 3 saturated heterocycles. The Morgan fingerprint density at radius 1 is 0.500 bits per heavy atom. The Hall–Kier alpha value is -0.600. The average molecular weight is 502 g/mol. The van der Waals surface area contributed by atoms with Gasteiger partial charge in [0.05, 0.1) is 25.9 Å². The SMILES string of the molecule is C[C@H]1OC(CO[C@H]2OC(CO[C@H]3OC(CO)[C@@H](O)C(O)[C@H]3O)[C@@H](O)C(O)[C@H]2O)[C@@H](O)[C@H](O)C1O. The van der Waals surface area contributed by atoms with Gasteiger partial charge in [0.15, 0.2) is 12.6 Å². The molecule has 0 amide bonds. The summed E-state index contributed by atoms with van der Waals surface area (Å²) in [5.41, 5.74) is 0. The smallest absolute Gasteiger partial charge is 0.186 e. The molecule has 0 spiro atoms. The summed E-state index contributed by atoms with van der Waals surface area (Å²) in [6.07, 6.45) is -21.9. The molecule has 15 heteroatoms. The second-order valence-electron chi connectivity index (χ2n) is 8.73. The van der Waals surface area contributed by atoms with Gasteiger partial charge in [-0.05, 0) is 6.92 Å². The fourth-order valence-corrected chi connectivity index (χ4v) is 4.05. The van der Waals surface area contributed by atoms with Crippen LogP contribution in [0.15, 0.2) is 0 Å². The van der Waals surface area contributed by atoms with Crippen LogP contribution in [0.4, 0.5) is 0 Å². The number of hydrogen-bond acceptors (Lipinski definition) is 15. The quantitative estimate of drug-likeness (QED) is 0.155. The van der Waals surface area contributed by atoms with Crippen molar-refractivity contribution in [3.8, 4) is 0 Å². The van der Waals surface area contributed by atoms with Crippen LogP contribution in [0.3, 0.4) is 0 Å². The van der Waals surface area contributed by atoms with Crippen molar-refractivity contribution in [2.75, 3.05) is 19.8 Å². The van der Waals surface area contributed by atoms with Gasteiger partial charge < -0.3 is 74.7 Å². The molecule has 0 bridgehead atoms. The van der Waals surface area contributed by atoms with Gasteiger partial charge in [-0.25, -0.2) is 0 Å². The largest absolute Gasteiger partial charge is 0.394 e. The first-order valence-electron chi connectivity index (χ1n) is 10.9. The first-order chi connectivity index (χ1) is 16.0. The zero-order valence-corrected chi connectivity index (χ0v) is 18.3. The minimum Gasteiger partial charge on any atom is -0.394 e. The summed E-state index contributed by atoms with van der Waals surface area (Å²) in [7, 11) is 0. The van der Waals surface area contributed by atoms with E-state index in [0.717, 1.165) is 0 Å². The molecule has 0 radical (unpaired) electrons. The van der Waals surface area contributed by atoms with Gasteiger partial charge >= 0.3 is 0 Å². The summed E-state index contributed by atoms with van der Waals surface area (Å²) >= 11 is 0. The number of hydrogen-bond donors (Lipinski definition) is 10. The Bertz CT molecular complexity index is 639. The van der Waals surface area contributed by atoms with Crippen molar-refractivity contribution in [3.05, 3.63) is 0 Å². The highest BCUT2D eigenvalue weighted by atomic mass is 16.7. The van der Waals surface area contributed by atoms with Crippen molar-refractivity contribution >= 4 is 0 Å². The molecule has 3 fully saturated rings. The molecule has 3 rings (SSSR count). The number of rotatable bonds is 7. The molecule has 6 unspecified atom stereocenters. The van der Waals surface area contributed by atoms with Crippen molar-refractivity contribution in [1.29, 1.82) is 0 Å². The second kappa shape index (κ2) is 11.6. The molecule has 0 aromatic carbocycles. The molecule has 15 atom stereocenters. The topological polar surface area (TPSA) is 248 Å². The Morgan fingerprint density at radius 2 is 0.882 bits per heavy atom. The number of aliphatic hydroxyl groups is 10. The van der Waals surface area contributed by atoms with E-state index in [0.29, 0.717) is 0 Å². The lowest BCUT2D eigenvalue weighted by Crippen LogP contribution is -2.62. The van der Waals surface area contributed by atoms with Gasteiger partial charge in [0.1, 0.15) is 73.2 Å². The molecule has 10 N–H and O–H groups in total. The van der Waals surface area contributed by atoms with E-state index in [1.165, 1.54) is 6.92 Å². The van der Waals surface area contributed by atoms with Crippen molar-refractivity contribution < 1.29 is 74.7 Å². The van der Waals surface area contributed by atoms with Crippen LogP contribution in [0.25, 0.3) is 0 Å². The van der Waals surface area contributed by atoms with E-state index in [2.05, 4.69) is 0 Å². The number of aliphatic hydroxyl groups excluding tert-OH is 10. The van der Waals surface area contributed by atoms with E-state index in [9.17, 15) is 51.1 Å². The highest BCUT2D eigenvalue weighted by Gasteiger charge is 2.48. The monoisotopic (exact) mass is 502 g/mol. The second-order valence-corrected chi connectivity index (χ2v) is 8.73. The molecule has 3 aliphatic rings. The van der Waals surface area contributed by atoms with Gasteiger partial charge in [0.2, 0.25) is 0 Å². The first-order valence-corrected chi connectivity index (χ1v) is 10.9. The fraction of sp³-hybridized carbons (Fsp3) is 1.00. The van der Waals surface area contributed by atoms with E-state index in [1.54, 1.807) is 0 Å². The van der Waals surface area contributed by atoms with Crippen LogP contribution in [-0.2, 0) is 23.7 Å². The zero-order valence-electron chi connectivity index (χ0n) is 18.3. The third-order valence-electron chi connectivity index (χ3n) is 6.32. The maximum Gasteiger partial charge on any atom is 0.186 e. The molecule has 3 heterocycles. The molecule has 0 saturated carbocycles. The Labute approximate surface area is 194 Å².